The minimum absolute atomic E-state index is 0.0111. The SMILES string of the molecule is CCCn1c(CCC(=O)NCc2ccccc2Cl)nc2cccnc21. The Kier molecular flexibility index (Phi) is 5.66. The second-order valence-corrected chi connectivity index (χ2v) is 6.30. The zero-order valence-corrected chi connectivity index (χ0v) is 15.0. The van der Waals surface area contributed by atoms with Crippen molar-refractivity contribution in [2.45, 2.75) is 39.3 Å². The molecule has 0 spiro atoms. The fourth-order valence-electron chi connectivity index (χ4n) is 2.80. The number of carbonyl (C=O) groups is 1. The Hall–Kier alpha value is -2.40. The Morgan fingerprint density at radius 3 is 2.88 bits per heavy atom. The number of aromatic nitrogens is 3. The van der Waals surface area contributed by atoms with Gasteiger partial charge in [0.2, 0.25) is 5.91 Å². The monoisotopic (exact) mass is 356 g/mol. The number of nitrogens with one attached hydrogen (secondary N) is 1. The summed E-state index contributed by atoms with van der Waals surface area (Å²) < 4.78 is 2.11. The first kappa shape index (κ1) is 17.4. The number of imidazole rings is 1. The molecule has 130 valence electrons. The second-order valence-electron chi connectivity index (χ2n) is 5.89. The number of hydrogen-bond acceptors (Lipinski definition) is 3. The van der Waals surface area contributed by atoms with Crippen LogP contribution < -0.4 is 5.32 Å². The molecule has 0 saturated heterocycles. The van der Waals surface area contributed by atoms with Crippen LogP contribution in [-0.4, -0.2) is 20.4 Å². The topological polar surface area (TPSA) is 59.8 Å². The molecular weight excluding hydrogens is 336 g/mol. The molecule has 3 aromatic rings. The molecule has 3 rings (SSSR count). The van der Waals surface area contributed by atoms with Crippen LogP contribution in [0.4, 0.5) is 0 Å². The number of halogens is 1. The van der Waals surface area contributed by atoms with Crippen LogP contribution in [0, 0.1) is 0 Å². The molecule has 0 aliphatic heterocycles. The van der Waals surface area contributed by atoms with E-state index in [-0.39, 0.29) is 5.91 Å². The van der Waals surface area contributed by atoms with Gasteiger partial charge in [0, 0.05) is 37.2 Å². The molecule has 0 aliphatic carbocycles. The Morgan fingerprint density at radius 2 is 2.08 bits per heavy atom. The van der Waals surface area contributed by atoms with E-state index in [1.54, 1.807) is 6.20 Å². The van der Waals surface area contributed by atoms with E-state index in [1.165, 1.54) is 0 Å². The molecule has 0 aliphatic rings. The Morgan fingerprint density at radius 1 is 1.24 bits per heavy atom. The van der Waals surface area contributed by atoms with E-state index in [1.807, 2.05) is 36.4 Å². The van der Waals surface area contributed by atoms with Crippen LogP contribution in [0.1, 0.15) is 31.2 Å². The van der Waals surface area contributed by atoms with Crippen LogP contribution in [0.2, 0.25) is 5.02 Å². The summed E-state index contributed by atoms with van der Waals surface area (Å²) in [5.41, 5.74) is 2.68. The standard InChI is InChI=1S/C19H21ClN4O/c1-2-12-24-17(23-16-8-5-11-21-19(16)24)9-10-18(25)22-13-14-6-3-4-7-15(14)20/h3-8,11H,2,9-10,12-13H2,1H3,(H,22,25). The summed E-state index contributed by atoms with van der Waals surface area (Å²) >= 11 is 6.11. The van der Waals surface area contributed by atoms with Crippen LogP contribution in [0.3, 0.4) is 0 Å². The van der Waals surface area contributed by atoms with E-state index in [0.717, 1.165) is 35.5 Å². The van der Waals surface area contributed by atoms with E-state index in [4.69, 9.17) is 11.6 Å². The summed E-state index contributed by atoms with van der Waals surface area (Å²) in [6.45, 7) is 3.41. The van der Waals surface area contributed by atoms with Gasteiger partial charge in [0.25, 0.3) is 0 Å². The first-order valence-corrected chi connectivity index (χ1v) is 8.87. The van der Waals surface area contributed by atoms with Crippen molar-refractivity contribution in [3.63, 3.8) is 0 Å². The van der Waals surface area contributed by atoms with Crippen molar-refractivity contribution in [1.29, 1.82) is 0 Å². The smallest absolute Gasteiger partial charge is 0.220 e. The highest BCUT2D eigenvalue weighted by Gasteiger charge is 2.12. The second kappa shape index (κ2) is 8.12. The first-order valence-electron chi connectivity index (χ1n) is 8.49. The Labute approximate surface area is 152 Å². The minimum atomic E-state index is -0.0111. The highest BCUT2D eigenvalue weighted by Crippen LogP contribution is 2.16. The normalized spacial score (nSPS) is 11.0. The third kappa shape index (κ3) is 4.17. The number of amides is 1. The molecule has 2 aromatic heterocycles. The largest absolute Gasteiger partial charge is 0.352 e. The lowest BCUT2D eigenvalue weighted by Gasteiger charge is -2.08. The number of pyridine rings is 1. The summed E-state index contributed by atoms with van der Waals surface area (Å²) in [7, 11) is 0. The van der Waals surface area contributed by atoms with Crippen molar-refractivity contribution >= 4 is 28.7 Å². The van der Waals surface area contributed by atoms with E-state index >= 15 is 0 Å². The summed E-state index contributed by atoms with van der Waals surface area (Å²) in [6.07, 6.45) is 3.74. The van der Waals surface area contributed by atoms with Gasteiger partial charge in [-0.15, -0.1) is 0 Å². The average molecular weight is 357 g/mol. The zero-order chi connectivity index (χ0) is 17.6. The molecule has 2 heterocycles. The van der Waals surface area contributed by atoms with Crippen molar-refractivity contribution in [3.8, 4) is 0 Å². The van der Waals surface area contributed by atoms with Gasteiger partial charge in [0.05, 0.1) is 0 Å². The quantitative estimate of drug-likeness (QED) is 0.701. The van der Waals surface area contributed by atoms with Crippen LogP contribution in [0.25, 0.3) is 11.2 Å². The number of aryl methyl sites for hydroxylation is 2. The van der Waals surface area contributed by atoms with Crippen molar-refractivity contribution in [1.82, 2.24) is 19.9 Å². The van der Waals surface area contributed by atoms with Crippen molar-refractivity contribution in [2.75, 3.05) is 0 Å². The molecule has 5 nitrogen and oxygen atoms in total. The lowest BCUT2D eigenvalue weighted by molar-refractivity contribution is -0.121. The number of nitrogens with zero attached hydrogens (tertiary/aromatic N) is 3. The molecule has 1 N–H and O–H groups in total. The highest BCUT2D eigenvalue weighted by molar-refractivity contribution is 6.31. The molecule has 0 bridgehead atoms. The highest BCUT2D eigenvalue weighted by atomic mass is 35.5. The number of hydrogen-bond donors (Lipinski definition) is 1. The van der Waals surface area contributed by atoms with Gasteiger partial charge in [-0.25, -0.2) is 9.97 Å². The summed E-state index contributed by atoms with van der Waals surface area (Å²) in [5.74, 6) is 0.895. The maximum Gasteiger partial charge on any atom is 0.220 e. The maximum atomic E-state index is 12.2. The van der Waals surface area contributed by atoms with Crippen LogP contribution >= 0.6 is 11.6 Å². The van der Waals surface area contributed by atoms with Crippen LogP contribution in [0.5, 0.6) is 0 Å². The van der Waals surface area contributed by atoms with Gasteiger partial charge in [0.15, 0.2) is 5.65 Å². The third-order valence-electron chi connectivity index (χ3n) is 4.04. The van der Waals surface area contributed by atoms with Gasteiger partial charge >= 0.3 is 0 Å². The van der Waals surface area contributed by atoms with Gasteiger partial charge in [-0.1, -0.05) is 36.7 Å². The molecule has 0 saturated carbocycles. The molecule has 1 amide bonds. The van der Waals surface area contributed by atoms with Crippen LogP contribution in [-0.2, 0) is 24.3 Å². The fraction of sp³-hybridized carbons (Fsp3) is 0.316. The summed E-state index contributed by atoms with van der Waals surface area (Å²) in [4.78, 5) is 21.2. The summed E-state index contributed by atoms with van der Waals surface area (Å²) in [5, 5.41) is 3.58. The van der Waals surface area contributed by atoms with Crippen molar-refractivity contribution in [3.05, 3.63) is 59.0 Å². The third-order valence-corrected chi connectivity index (χ3v) is 4.41. The molecule has 1 aromatic carbocycles. The molecule has 0 unspecified atom stereocenters. The Balaban J connectivity index is 1.63. The Bertz CT molecular complexity index is 875. The fourth-order valence-corrected chi connectivity index (χ4v) is 3.01. The molecule has 0 radical (unpaired) electrons. The van der Waals surface area contributed by atoms with Gasteiger partial charge in [-0.2, -0.15) is 0 Å². The van der Waals surface area contributed by atoms with Gasteiger partial charge in [-0.3, -0.25) is 4.79 Å². The lowest BCUT2D eigenvalue weighted by Crippen LogP contribution is -2.23. The lowest BCUT2D eigenvalue weighted by atomic mass is 10.2. The van der Waals surface area contributed by atoms with E-state index in [9.17, 15) is 4.79 Å². The number of fused-ring (bicyclic) bond motifs is 1. The number of carbonyl (C=O) groups excluding carboxylic acids is 1. The van der Waals surface area contributed by atoms with E-state index < -0.39 is 0 Å². The van der Waals surface area contributed by atoms with E-state index in [2.05, 4.69) is 26.8 Å². The molecule has 0 fully saturated rings. The van der Waals surface area contributed by atoms with Gasteiger partial charge in [-0.05, 0) is 30.2 Å². The maximum absolute atomic E-state index is 12.2. The molecular formula is C19H21ClN4O. The minimum Gasteiger partial charge on any atom is -0.352 e. The number of rotatable bonds is 7. The predicted octanol–water partition coefficient (Wildman–Crippen LogP) is 3.74. The average Bonchev–Trinajstić information content (AvgIpc) is 2.97. The van der Waals surface area contributed by atoms with Crippen molar-refractivity contribution in [2.24, 2.45) is 0 Å². The first-order chi connectivity index (χ1) is 12.2. The van der Waals surface area contributed by atoms with Gasteiger partial charge < -0.3 is 9.88 Å². The van der Waals surface area contributed by atoms with Gasteiger partial charge in [0.1, 0.15) is 11.3 Å². The summed E-state index contributed by atoms with van der Waals surface area (Å²) in [6, 6.07) is 11.4. The van der Waals surface area contributed by atoms with E-state index in [0.29, 0.717) is 24.4 Å². The zero-order valence-electron chi connectivity index (χ0n) is 14.2. The molecule has 0 atom stereocenters. The van der Waals surface area contributed by atoms with Crippen molar-refractivity contribution < 1.29 is 4.79 Å². The number of benzene rings is 1. The van der Waals surface area contributed by atoms with Crippen LogP contribution in [0.15, 0.2) is 42.6 Å². The molecule has 25 heavy (non-hydrogen) atoms. The molecule has 6 heteroatoms. The predicted molar refractivity (Wildman–Crippen MR) is 99.4 cm³/mol.